The SMILES string of the molecule is COc1cc2nc(NC3CCN(Cc4ccccc4)CC3)nc(N)c2cc1OC. The summed E-state index contributed by atoms with van der Waals surface area (Å²) < 4.78 is 10.7. The van der Waals surface area contributed by atoms with E-state index in [1.807, 2.05) is 12.1 Å². The molecule has 3 aromatic rings. The molecular formula is C22H27N5O2. The third-order valence-corrected chi connectivity index (χ3v) is 5.40. The van der Waals surface area contributed by atoms with E-state index >= 15 is 0 Å². The molecule has 0 aliphatic carbocycles. The first-order valence-electron chi connectivity index (χ1n) is 9.88. The van der Waals surface area contributed by atoms with Gasteiger partial charge in [-0.05, 0) is 24.5 Å². The minimum atomic E-state index is 0.332. The molecule has 1 saturated heterocycles. The minimum Gasteiger partial charge on any atom is -0.493 e. The number of nitrogen functional groups attached to an aromatic ring is 1. The van der Waals surface area contributed by atoms with Gasteiger partial charge in [-0.3, -0.25) is 4.90 Å². The van der Waals surface area contributed by atoms with E-state index < -0.39 is 0 Å². The standard InChI is InChI=1S/C22H27N5O2/c1-28-19-12-17-18(13-20(19)29-2)25-22(26-21(17)23)24-16-8-10-27(11-9-16)14-15-6-4-3-5-7-15/h3-7,12-13,16H,8-11,14H2,1-2H3,(H3,23,24,25,26). The first kappa shape index (κ1) is 19.3. The Kier molecular flexibility index (Phi) is 5.67. The van der Waals surface area contributed by atoms with Crippen LogP contribution in [0.1, 0.15) is 18.4 Å². The van der Waals surface area contributed by atoms with Gasteiger partial charge in [0, 0.05) is 37.1 Å². The predicted octanol–water partition coefficient (Wildman–Crippen LogP) is 3.31. The van der Waals surface area contributed by atoms with E-state index in [0.717, 1.165) is 43.4 Å². The number of aromatic nitrogens is 2. The number of benzene rings is 2. The Morgan fingerprint density at radius 1 is 1.03 bits per heavy atom. The minimum absolute atomic E-state index is 0.332. The van der Waals surface area contributed by atoms with E-state index in [9.17, 15) is 0 Å². The molecular weight excluding hydrogens is 366 g/mol. The number of hydrogen-bond donors (Lipinski definition) is 2. The van der Waals surface area contributed by atoms with Crippen molar-refractivity contribution in [1.29, 1.82) is 0 Å². The molecule has 0 radical (unpaired) electrons. The molecule has 0 bridgehead atoms. The zero-order valence-electron chi connectivity index (χ0n) is 16.9. The summed E-state index contributed by atoms with van der Waals surface area (Å²) in [5, 5.41) is 4.22. The number of hydrogen-bond acceptors (Lipinski definition) is 7. The van der Waals surface area contributed by atoms with Gasteiger partial charge in [0.25, 0.3) is 0 Å². The number of ether oxygens (including phenoxy) is 2. The monoisotopic (exact) mass is 393 g/mol. The van der Waals surface area contributed by atoms with Gasteiger partial charge in [-0.1, -0.05) is 30.3 Å². The number of piperidine rings is 1. The van der Waals surface area contributed by atoms with Gasteiger partial charge in [0.2, 0.25) is 5.95 Å². The van der Waals surface area contributed by atoms with Crippen molar-refractivity contribution >= 4 is 22.7 Å². The van der Waals surface area contributed by atoms with Gasteiger partial charge in [0.15, 0.2) is 11.5 Å². The van der Waals surface area contributed by atoms with Crippen molar-refractivity contribution < 1.29 is 9.47 Å². The molecule has 152 valence electrons. The maximum absolute atomic E-state index is 6.19. The van der Waals surface area contributed by atoms with Crippen LogP contribution >= 0.6 is 0 Å². The normalized spacial score (nSPS) is 15.4. The van der Waals surface area contributed by atoms with E-state index in [1.165, 1.54) is 5.56 Å². The highest BCUT2D eigenvalue weighted by atomic mass is 16.5. The lowest BCUT2D eigenvalue weighted by Gasteiger charge is -2.32. The van der Waals surface area contributed by atoms with Gasteiger partial charge < -0.3 is 20.5 Å². The average Bonchev–Trinajstić information content (AvgIpc) is 2.75. The lowest BCUT2D eigenvalue weighted by atomic mass is 10.0. The fraction of sp³-hybridized carbons (Fsp3) is 0.364. The van der Waals surface area contributed by atoms with Crippen LogP contribution in [-0.4, -0.2) is 48.2 Å². The molecule has 0 unspecified atom stereocenters. The van der Waals surface area contributed by atoms with Gasteiger partial charge in [-0.15, -0.1) is 0 Å². The Morgan fingerprint density at radius 2 is 1.72 bits per heavy atom. The maximum atomic E-state index is 6.19. The Morgan fingerprint density at radius 3 is 2.41 bits per heavy atom. The van der Waals surface area contributed by atoms with Crippen molar-refractivity contribution in [2.45, 2.75) is 25.4 Å². The van der Waals surface area contributed by atoms with Gasteiger partial charge in [0.05, 0.1) is 19.7 Å². The Hall–Kier alpha value is -3.06. The fourth-order valence-corrected chi connectivity index (χ4v) is 3.80. The van der Waals surface area contributed by atoms with Crippen LogP contribution in [0.15, 0.2) is 42.5 Å². The van der Waals surface area contributed by atoms with Crippen LogP contribution in [0.3, 0.4) is 0 Å². The number of fused-ring (bicyclic) bond motifs is 1. The van der Waals surface area contributed by atoms with Crippen LogP contribution in [0.2, 0.25) is 0 Å². The van der Waals surface area contributed by atoms with Crippen molar-refractivity contribution in [2.75, 3.05) is 38.4 Å². The van der Waals surface area contributed by atoms with E-state index in [-0.39, 0.29) is 0 Å². The van der Waals surface area contributed by atoms with E-state index in [4.69, 9.17) is 15.2 Å². The van der Waals surface area contributed by atoms with Gasteiger partial charge in [-0.25, -0.2) is 4.98 Å². The van der Waals surface area contributed by atoms with Crippen LogP contribution < -0.4 is 20.5 Å². The molecule has 3 N–H and O–H groups in total. The third-order valence-electron chi connectivity index (χ3n) is 5.40. The number of nitrogens with two attached hydrogens (primary N) is 1. The number of rotatable bonds is 6. The molecule has 1 aliphatic heterocycles. The highest BCUT2D eigenvalue weighted by Crippen LogP contribution is 2.33. The smallest absolute Gasteiger partial charge is 0.225 e. The lowest BCUT2D eigenvalue weighted by Crippen LogP contribution is -2.39. The van der Waals surface area contributed by atoms with Crippen LogP contribution in [0.4, 0.5) is 11.8 Å². The molecule has 29 heavy (non-hydrogen) atoms. The molecule has 0 spiro atoms. The molecule has 7 nitrogen and oxygen atoms in total. The van der Waals surface area contributed by atoms with Crippen LogP contribution in [0, 0.1) is 0 Å². The van der Waals surface area contributed by atoms with Crippen molar-refractivity contribution in [3.8, 4) is 11.5 Å². The van der Waals surface area contributed by atoms with Gasteiger partial charge >= 0.3 is 0 Å². The fourth-order valence-electron chi connectivity index (χ4n) is 3.80. The molecule has 4 rings (SSSR count). The van der Waals surface area contributed by atoms with Gasteiger partial charge in [-0.2, -0.15) is 4.98 Å². The molecule has 1 aliphatic rings. The van der Waals surface area contributed by atoms with Crippen molar-refractivity contribution in [3.63, 3.8) is 0 Å². The summed E-state index contributed by atoms with van der Waals surface area (Å²) in [4.78, 5) is 11.6. The van der Waals surface area contributed by atoms with E-state index in [2.05, 4.69) is 50.5 Å². The number of nitrogens with zero attached hydrogens (tertiary/aromatic N) is 3. The lowest BCUT2D eigenvalue weighted by molar-refractivity contribution is 0.211. The van der Waals surface area contributed by atoms with Crippen molar-refractivity contribution in [2.24, 2.45) is 0 Å². The number of methoxy groups -OCH3 is 2. The first-order chi connectivity index (χ1) is 14.2. The van der Waals surface area contributed by atoms with Crippen molar-refractivity contribution in [3.05, 3.63) is 48.0 Å². The van der Waals surface area contributed by atoms with Crippen LogP contribution in [0.5, 0.6) is 11.5 Å². The van der Waals surface area contributed by atoms with E-state index in [1.54, 1.807) is 14.2 Å². The Balaban J connectivity index is 1.43. The van der Waals surface area contributed by atoms with Crippen LogP contribution in [-0.2, 0) is 6.54 Å². The highest BCUT2D eigenvalue weighted by molar-refractivity contribution is 5.91. The first-order valence-corrected chi connectivity index (χ1v) is 9.88. The molecule has 0 amide bonds. The topological polar surface area (TPSA) is 85.5 Å². The number of likely N-dealkylation sites (tertiary alicyclic amines) is 1. The summed E-state index contributed by atoms with van der Waals surface area (Å²) in [7, 11) is 3.21. The predicted molar refractivity (Wildman–Crippen MR) is 115 cm³/mol. The Labute approximate surface area is 170 Å². The maximum Gasteiger partial charge on any atom is 0.225 e. The molecule has 0 saturated carbocycles. The largest absolute Gasteiger partial charge is 0.493 e. The summed E-state index contributed by atoms with van der Waals surface area (Å²) in [6.45, 7) is 3.08. The van der Waals surface area contributed by atoms with Crippen molar-refractivity contribution in [1.82, 2.24) is 14.9 Å². The third kappa shape index (κ3) is 4.35. The molecule has 2 heterocycles. The zero-order valence-corrected chi connectivity index (χ0v) is 16.9. The summed E-state index contributed by atoms with van der Waals surface area (Å²) in [5.41, 5.74) is 8.28. The molecule has 1 fully saturated rings. The molecule has 7 heteroatoms. The second-order valence-electron chi connectivity index (χ2n) is 7.34. The zero-order chi connectivity index (χ0) is 20.2. The summed E-state index contributed by atoms with van der Waals surface area (Å²) in [6, 6.07) is 14.6. The summed E-state index contributed by atoms with van der Waals surface area (Å²) in [6.07, 6.45) is 2.08. The molecule has 2 aromatic carbocycles. The quantitative estimate of drug-likeness (QED) is 0.664. The van der Waals surface area contributed by atoms with E-state index in [0.29, 0.717) is 29.3 Å². The highest BCUT2D eigenvalue weighted by Gasteiger charge is 2.20. The molecule has 0 atom stereocenters. The average molecular weight is 393 g/mol. The second kappa shape index (κ2) is 8.53. The second-order valence-corrected chi connectivity index (χ2v) is 7.34. The Bertz CT molecular complexity index is 972. The molecule has 1 aromatic heterocycles. The van der Waals surface area contributed by atoms with Gasteiger partial charge in [0.1, 0.15) is 5.82 Å². The summed E-state index contributed by atoms with van der Waals surface area (Å²) >= 11 is 0. The van der Waals surface area contributed by atoms with Crippen LogP contribution in [0.25, 0.3) is 10.9 Å². The summed E-state index contributed by atoms with van der Waals surface area (Å²) in [5.74, 6) is 2.23. The number of nitrogens with one attached hydrogen (secondary N) is 1. The number of anilines is 2.